The van der Waals surface area contributed by atoms with E-state index in [2.05, 4.69) is 9.89 Å². The molecule has 4 rings (SSSR count). The van der Waals surface area contributed by atoms with Crippen LogP contribution in [0.4, 0.5) is 0 Å². The van der Waals surface area contributed by atoms with Crippen LogP contribution in [0.2, 0.25) is 10.0 Å². The normalized spacial score (nSPS) is 19.5. The predicted octanol–water partition coefficient (Wildman–Crippen LogP) is 6.10. The fourth-order valence-corrected chi connectivity index (χ4v) is 4.51. The fourth-order valence-electron chi connectivity index (χ4n) is 3.19. The Hall–Kier alpha value is -1.69. The SMILES string of the molecule is O=C1N=C(N2CCCCCC2)S/C1=C\c1ccc(-c2cc(Cl)ccc2Cl)o1. The molecule has 0 saturated carbocycles. The van der Waals surface area contributed by atoms with E-state index in [9.17, 15) is 4.79 Å². The molecule has 0 bridgehead atoms. The lowest BCUT2D eigenvalue weighted by molar-refractivity contribution is -0.113. The molecule has 0 N–H and O–H groups in total. The molecule has 1 aromatic carbocycles. The second-order valence-electron chi connectivity index (χ2n) is 6.54. The van der Waals surface area contributed by atoms with E-state index >= 15 is 0 Å². The highest BCUT2D eigenvalue weighted by Gasteiger charge is 2.27. The summed E-state index contributed by atoms with van der Waals surface area (Å²) in [7, 11) is 0. The third-order valence-corrected chi connectivity index (χ3v) is 6.19. The molecule has 1 aromatic heterocycles. The number of halogens is 2. The minimum absolute atomic E-state index is 0.210. The van der Waals surface area contributed by atoms with Gasteiger partial charge in [0.05, 0.1) is 9.93 Å². The minimum Gasteiger partial charge on any atom is -0.457 e. The Labute approximate surface area is 172 Å². The molecule has 27 heavy (non-hydrogen) atoms. The van der Waals surface area contributed by atoms with Gasteiger partial charge < -0.3 is 9.32 Å². The fraction of sp³-hybridized carbons (Fsp3) is 0.300. The van der Waals surface area contributed by atoms with Crippen molar-refractivity contribution < 1.29 is 9.21 Å². The molecule has 0 aliphatic carbocycles. The molecule has 2 aliphatic rings. The van der Waals surface area contributed by atoms with E-state index in [0.717, 1.165) is 36.7 Å². The number of amides is 1. The van der Waals surface area contributed by atoms with Gasteiger partial charge in [0.2, 0.25) is 0 Å². The molecule has 0 unspecified atom stereocenters. The quantitative estimate of drug-likeness (QED) is 0.550. The van der Waals surface area contributed by atoms with Crippen LogP contribution in [0.25, 0.3) is 17.4 Å². The number of hydrogen-bond donors (Lipinski definition) is 0. The molecule has 0 radical (unpaired) electrons. The van der Waals surface area contributed by atoms with Gasteiger partial charge in [-0.25, -0.2) is 0 Å². The maximum atomic E-state index is 12.3. The monoisotopic (exact) mass is 420 g/mol. The van der Waals surface area contributed by atoms with Gasteiger partial charge in [-0.15, -0.1) is 0 Å². The third kappa shape index (κ3) is 4.26. The molecule has 1 saturated heterocycles. The lowest BCUT2D eigenvalue weighted by atomic mass is 10.2. The van der Waals surface area contributed by atoms with Crippen LogP contribution in [0, 0.1) is 0 Å². The first-order valence-corrected chi connectivity index (χ1v) is 10.5. The lowest BCUT2D eigenvalue weighted by Gasteiger charge is -2.20. The van der Waals surface area contributed by atoms with E-state index in [1.54, 1.807) is 24.3 Å². The maximum absolute atomic E-state index is 12.3. The standard InChI is InChI=1S/C20H18Cl2N2O2S/c21-13-5-7-16(22)15(11-13)17-8-6-14(26-17)12-18-19(25)23-20(27-18)24-9-3-1-2-4-10-24/h5-8,11-12H,1-4,9-10H2/b18-12-. The van der Waals surface area contributed by atoms with Gasteiger partial charge in [0, 0.05) is 29.8 Å². The molecule has 0 atom stereocenters. The molecule has 0 spiro atoms. The Kier molecular flexibility index (Phi) is 5.62. The Morgan fingerprint density at radius 3 is 2.63 bits per heavy atom. The van der Waals surface area contributed by atoms with Gasteiger partial charge in [0.15, 0.2) is 5.17 Å². The summed E-state index contributed by atoms with van der Waals surface area (Å²) in [4.78, 5) is 19.3. The van der Waals surface area contributed by atoms with Gasteiger partial charge in [-0.2, -0.15) is 4.99 Å². The van der Waals surface area contributed by atoms with E-state index in [4.69, 9.17) is 27.6 Å². The summed E-state index contributed by atoms with van der Waals surface area (Å²) >= 11 is 13.7. The van der Waals surface area contributed by atoms with Crippen molar-refractivity contribution in [2.45, 2.75) is 25.7 Å². The first-order valence-electron chi connectivity index (χ1n) is 8.93. The number of carbonyl (C=O) groups is 1. The first-order chi connectivity index (χ1) is 13.1. The number of thioether (sulfide) groups is 1. The number of likely N-dealkylation sites (tertiary alicyclic amines) is 1. The van der Waals surface area contributed by atoms with Crippen molar-refractivity contribution in [1.82, 2.24) is 4.90 Å². The summed E-state index contributed by atoms with van der Waals surface area (Å²) in [5.41, 5.74) is 0.723. The van der Waals surface area contributed by atoms with E-state index in [-0.39, 0.29) is 5.91 Å². The maximum Gasteiger partial charge on any atom is 0.286 e. The van der Waals surface area contributed by atoms with Crippen LogP contribution in [0.5, 0.6) is 0 Å². The summed E-state index contributed by atoms with van der Waals surface area (Å²) in [5.74, 6) is 0.987. The molecule has 2 aliphatic heterocycles. The average molecular weight is 421 g/mol. The van der Waals surface area contributed by atoms with Crippen LogP contribution >= 0.6 is 35.0 Å². The van der Waals surface area contributed by atoms with Crippen molar-refractivity contribution in [3.05, 3.63) is 51.0 Å². The molecule has 2 aromatic rings. The second kappa shape index (κ2) is 8.13. The van der Waals surface area contributed by atoms with Gasteiger partial charge in [-0.1, -0.05) is 36.0 Å². The van der Waals surface area contributed by atoms with E-state index < -0.39 is 0 Å². The highest BCUT2D eigenvalue weighted by molar-refractivity contribution is 8.18. The highest BCUT2D eigenvalue weighted by Crippen LogP contribution is 2.35. The van der Waals surface area contributed by atoms with E-state index in [1.165, 1.54) is 24.6 Å². The van der Waals surface area contributed by atoms with Crippen molar-refractivity contribution in [3.63, 3.8) is 0 Å². The zero-order valence-electron chi connectivity index (χ0n) is 14.6. The summed E-state index contributed by atoms with van der Waals surface area (Å²) in [6.45, 7) is 1.93. The molecule has 1 fully saturated rings. The van der Waals surface area contributed by atoms with Crippen molar-refractivity contribution in [2.24, 2.45) is 4.99 Å². The molecule has 7 heteroatoms. The van der Waals surface area contributed by atoms with Crippen LogP contribution in [0.15, 0.2) is 44.6 Å². The molecule has 140 valence electrons. The Morgan fingerprint density at radius 1 is 1.07 bits per heavy atom. The molecule has 4 nitrogen and oxygen atoms in total. The van der Waals surface area contributed by atoms with Gasteiger partial charge in [-0.3, -0.25) is 4.79 Å². The van der Waals surface area contributed by atoms with Crippen LogP contribution in [0.3, 0.4) is 0 Å². The van der Waals surface area contributed by atoms with Crippen molar-refractivity contribution in [1.29, 1.82) is 0 Å². The third-order valence-electron chi connectivity index (χ3n) is 4.58. The molecule has 3 heterocycles. The predicted molar refractivity (Wildman–Crippen MR) is 112 cm³/mol. The lowest BCUT2D eigenvalue weighted by Crippen LogP contribution is -2.28. The van der Waals surface area contributed by atoms with Gasteiger partial charge in [0.1, 0.15) is 11.5 Å². The number of benzene rings is 1. The van der Waals surface area contributed by atoms with Gasteiger partial charge >= 0.3 is 0 Å². The Morgan fingerprint density at radius 2 is 1.85 bits per heavy atom. The topological polar surface area (TPSA) is 45.8 Å². The van der Waals surface area contributed by atoms with Crippen molar-refractivity contribution >= 4 is 52.1 Å². The summed E-state index contributed by atoms with van der Waals surface area (Å²) in [5, 5.41) is 1.95. The van der Waals surface area contributed by atoms with Crippen molar-refractivity contribution in [2.75, 3.05) is 13.1 Å². The Balaban J connectivity index is 1.52. The molecule has 1 amide bonds. The van der Waals surface area contributed by atoms with Crippen molar-refractivity contribution in [3.8, 4) is 11.3 Å². The number of aliphatic imine (C=N–C) groups is 1. The number of rotatable bonds is 2. The van der Waals surface area contributed by atoms with Crippen LogP contribution < -0.4 is 0 Å². The first kappa shape index (κ1) is 18.7. The summed E-state index contributed by atoms with van der Waals surface area (Å²) in [6.07, 6.45) is 6.52. The highest BCUT2D eigenvalue weighted by atomic mass is 35.5. The van der Waals surface area contributed by atoms with Gasteiger partial charge in [0.25, 0.3) is 5.91 Å². The van der Waals surface area contributed by atoms with E-state index in [0.29, 0.717) is 26.5 Å². The summed E-state index contributed by atoms with van der Waals surface area (Å²) < 4.78 is 5.87. The second-order valence-corrected chi connectivity index (χ2v) is 8.39. The molecular weight excluding hydrogens is 403 g/mol. The smallest absolute Gasteiger partial charge is 0.286 e. The number of carbonyl (C=O) groups excluding carboxylic acids is 1. The van der Waals surface area contributed by atoms with Crippen LogP contribution in [-0.4, -0.2) is 29.1 Å². The number of nitrogens with zero attached hydrogens (tertiary/aromatic N) is 2. The van der Waals surface area contributed by atoms with E-state index in [1.807, 2.05) is 12.1 Å². The minimum atomic E-state index is -0.210. The number of furan rings is 1. The number of hydrogen-bond acceptors (Lipinski definition) is 4. The zero-order chi connectivity index (χ0) is 18.8. The van der Waals surface area contributed by atoms with Crippen LogP contribution in [-0.2, 0) is 4.79 Å². The summed E-state index contributed by atoms with van der Waals surface area (Å²) in [6, 6.07) is 8.86. The average Bonchev–Trinajstić information content (AvgIpc) is 3.15. The van der Waals surface area contributed by atoms with Gasteiger partial charge in [-0.05, 0) is 54.9 Å². The van der Waals surface area contributed by atoms with Crippen LogP contribution in [0.1, 0.15) is 31.4 Å². The Bertz CT molecular complexity index is 928. The zero-order valence-corrected chi connectivity index (χ0v) is 16.9. The molecular formula is C20H18Cl2N2O2S. The number of amidine groups is 1. The largest absolute Gasteiger partial charge is 0.457 e.